The number of rotatable bonds is 7. The van der Waals surface area contributed by atoms with Gasteiger partial charge in [0.2, 0.25) is 5.91 Å². The van der Waals surface area contributed by atoms with E-state index in [2.05, 4.69) is 59.5 Å². The molecule has 6 heteroatoms. The average molecular weight is 630 g/mol. The van der Waals surface area contributed by atoms with Crippen LogP contribution in [0.1, 0.15) is 122 Å². The molecule has 5 aliphatic rings. The highest BCUT2D eigenvalue weighted by atomic mass is 16.4. The number of allylic oxidation sites excluding steroid dienone is 3. The molecule has 1 amide bonds. The van der Waals surface area contributed by atoms with Crippen LogP contribution in [-0.4, -0.2) is 34.6 Å². The van der Waals surface area contributed by atoms with Gasteiger partial charge in [-0.2, -0.15) is 0 Å². The molecule has 9 unspecified atom stereocenters. The van der Waals surface area contributed by atoms with E-state index in [9.17, 15) is 24.6 Å². The minimum Gasteiger partial charge on any atom is -0.481 e. The van der Waals surface area contributed by atoms with E-state index in [1.165, 1.54) is 30.4 Å². The van der Waals surface area contributed by atoms with Crippen LogP contribution in [0.25, 0.3) is 5.57 Å². The number of amides is 1. The van der Waals surface area contributed by atoms with Crippen molar-refractivity contribution in [1.82, 2.24) is 5.32 Å². The normalized spacial score (nSPS) is 40.7. The van der Waals surface area contributed by atoms with Crippen molar-refractivity contribution in [3.8, 4) is 0 Å². The zero-order chi connectivity index (χ0) is 33.4. The third-order valence-corrected chi connectivity index (χ3v) is 15.2. The number of carbonyl (C=O) groups is 3. The molecular formula is C40H55NO5. The maximum Gasteiger partial charge on any atom is 0.335 e. The first kappa shape index (κ1) is 33.0. The van der Waals surface area contributed by atoms with E-state index in [1.54, 1.807) is 12.1 Å². The highest BCUT2D eigenvalue weighted by Crippen LogP contribution is 2.77. The highest BCUT2D eigenvalue weighted by molar-refractivity contribution is 5.88. The van der Waals surface area contributed by atoms with Crippen molar-refractivity contribution in [2.75, 3.05) is 6.54 Å². The lowest BCUT2D eigenvalue weighted by molar-refractivity contribution is -0.225. The molecular weight excluding hydrogens is 574 g/mol. The molecule has 0 aromatic heterocycles. The fraction of sp³-hybridized carbons (Fsp3) is 0.675. The summed E-state index contributed by atoms with van der Waals surface area (Å²) in [5, 5.41) is 21.7. The molecule has 46 heavy (non-hydrogen) atoms. The topological polar surface area (TPSA) is 104 Å². The van der Waals surface area contributed by atoms with Gasteiger partial charge in [0.1, 0.15) is 0 Å². The molecule has 0 spiro atoms. The van der Waals surface area contributed by atoms with Crippen LogP contribution in [0.3, 0.4) is 0 Å². The largest absolute Gasteiger partial charge is 0.481 e. The molecule has 250 valence electrons. The van der Waals surface area contributed by atoms with Gasteiger partial charge in [0, 0.05) is 6.54 Å². The summed E-state index contributed by atoms with van der Waals surface area (Å²) in [5.74, 6) is 0.424. The number of hydrogen-bond donors (Lipinski definition) is 3. The second-order valence-corrected chi connectivity index (χ2v) is 17.2. The summed E-state index contributed by atoms with van der Waals surface area (Å²) in [4.78, 5) is 36.8. The van der Waals surface area contributed by atoms with Crippen LogP contribution in [0.4, 0.5) is 0 Å². The summed E-state index contributed by atoms with van der Waals surface area (Å²) in [5.41, 5.74) is 3.95. The van der Waals surface area contributed by atoms with Gasteiger partial charge in [-0.25, -0.2) is 4.79 Å². The van der Waals surface area contributed by atoms with Crippen LogP contribution >= 0.6 is 0 Å². The van der Waals surface area contributed by atoms with E-state index in [0.29, 0.717) is 29.2 Å². The number of benzene rings is 1. The van der Waals surface area contributed by atoms with Gasteiger partial charge in [0.05, 0.1) is 17.4 Å². The Bertz CT molecular complexity index is 1470. The van der Waals surface area contributed by atoms with Crippen molar-refractivity contribution in [2.24, 2.45) is 56.7 Å². The molecule has 5 aliphatic carbocycles. The van der Waals surface area contributed by atoms with Gasteiger partial charge in [-0.15, -0.1) is 0 Å². The molecule has 4 fully saturated rings. The number of aromatic carboxylic acids is 1. The van der Waals surface area contributed by atoms with Gasteiger partial charge in [-0.3, -0.25) is 9.59 Å². The fourth-order valence-corrected chi connectivity index (χ4v) is 12.9. The van der Waals surface area contributed by atoms with Gasteiger partial charge in [0.25, 0.3) is 0 Å². The smallest absolute Gasteiger partial charge is 0.335 e. The Hall–Kier alpha value is -2.89. The lowest BCUT2D eigenvalue weighted by atomic mass is 9.32. The first-order chi connectivity index (χ1) is 21.5. The minimum absolute atomic E-state index is 0.0386. The van der Waals surface area contributed by atoms with Crippen molar-refractivity contribution in [2.45, 2.75) is 106 Å². The summed E-state index contributed by atoms with van der Waals surface area (Å²) >= 11 is 0. The van der Waals surface area contributed by atoms with Crippen molar-refractivity contribution >= 4 is 23.4 Å². The highest BCUT2D eigenvalue weighted by Gasteiger charge is 2.71. The van der Waals surface area contributed by atoms with Crippen molar-refractivity contribution in [1.29, 1.82) is 0 Å². The quantitative estimate of drug-likeness (QED) is 0.262. The molecule has 0 radical (unpaired) electrons. The van der Waals surface area contributed by atoms with E-state index in [0.717, 1.165) is 44.1 Å². The lowest BCUT2D eigenvalue weighted by Crippen LogP contribution is -2.66. The Balaban J connectivity index is 1.33. The summed E-state index contributed by atoms with van der Waals surface area (Å²) < 4.78 is 0. The standard InChI is InChI=1S/C40H55NO5/c1-24(2)27-14-20-40(35(46)41-23-17-32(42)43)22-21-38(6)29(33(27)40)12-13-31-37(5)18-15-28(25-8-10-26(11-9-25)34(44)45)36(3,4)30(37)16-19-39(31,38)7/h8-11,15,27,29-31,33H,1,12-14,16-23H2,2-7H3,(H,41,46)(H,42,43)(H,44,45). The van der Waals surface area contributed by atoms with E-state index < -0.39 is 17.4 Å². The van der Waals surface area contributed by atoms with Crippen LogP contribution < -0.4 is 5.32 Å². The number of carboxylic acids is 2. The summed E-state index contributed by atoms with van der Waals surface area (Å²) in [6.45, 7) is 19.4. The second-order valence-electron chi connectivity index (χ2n) is 17.2. The predicted octanol–water partition coefficient (Wildman–Crippen LogP) is 8.63. The Morgan fingerprint density at radius 3 is 2.20 bits per heavy atom. The number of aliphatic carboxylic acids is 1. The Labute approximate surface area is 275 Å². The first-order valence-corrected chi connectivity index (χ1v) is 17.7. The molecule has 1 aromatic carbocycles. The van der Waals surface area contributed by atoms with Crippen LogP contribution in [-0.2, 0) is 9.59 Å². The van der Waals surface area contributed by atoms with Gasteiger partial charge in [-0.1, -0.05) is 65.0 Å². The minimum atomic E-state index is -0.891. The van der Waals surface area contributed by atoms with E-state index >= 15 is 0 Å². The SMILES string of the molecule is C=C(C)C1CCC2(C(=O)NCCC(=O)O)CCC3(C)C(CCC4C5(C)CC=C(c6ccc(C(=O)O)cc6)C(C)(C)C5CCC43C)C12. The van der Waals surface area contributed by atoms with Crippen LogP contribution in [0.15, 0.2) is 42.5 Å². The molecule has 6 nitrogen and oxygen atoms in total. The number of nitrogens with one attached hydrogen (secondary N) is 1. The summed E-state index contributed by atoms with van der Waals surface area (Å²) in [6.07, 6.45) is 11.9. The number of carbonyl (C=O) groups excluding carboxylic acids is 1. The van der Waals surface area contributed by atoms with Crippen molar-refractivity contribution in [3.63, 3.8) is 0 Å². The Morgan fingerprint density at radius 2 is 1.57 bits per heavy atom. The van der Waals surface area contributed by atoms with E-state index in [-0.39, 0.29) is 46.5 Å². The maximum atomic E-state index is 14.0. The summed E-state index contributed by atoms with van der Waals surface area (Å²) in [7, 11) is 0. The van der Waals surface area contributed by atoms with Crippen LogP contribution in [0.5, 0.6) is 0 Å². The lowest BCUT2D eigenvalue weighted by Gasteiger charge is -2.72. The molecule has 0 aliphatic heterocycles. The van der Waals surface area contributed by atoms with E-state index in [4.69, 9.17) is 0 Å². The Morgan fingerprint density at radius 1 is 0.870 bits per heavy atom. The van der Waals surface area contributed by atoms with Crippen LogP contribution in [0.2, 0.25) is 0 Å². The second kappa shape index (κ2) is 11.1. The van der Waals surface area contributed by atoms with E-state index in [1.807, 2.05) is 12.1 Å². The predicted molar refractivity (Wildman–Crippen MR) is 181 cm³/mol. The third-order valence-electron chi connectivity index (χ3n) is 15.2. The zero-order valence-corrected chi connectivity index (χ0v) is 28.9. The fourth-order valence-electron chi connectivity index (χ4n) is 12.9. The van der Waals surface area contributed by atoms with Crippen LogP contribution in [0, 0.1) is 56.7 Å². The average Bonchev–Trinajstić information content (AvgIpc) is 3.38. The van der Waals surface area contributed by atoms with Gasteiger partial charge in [0.15, 0.2) is 0 Å². The number of carboxylic acid groups (broad SMARTS) is 2. The Kier molecular flexibility index (Phi) is 7.96. The first-order valence-electron chi connectivity index (χ1n) is 17.7. The molecule has 9 atom stereocenters. The molecule has 1 aromatic rings. The molecule has 0 saturated heterocycles. The van der Waals surface area contributed by atoms with Gasteiger partial charge < -0.3 is 15.5 Å². The van der Waals surface area contributed by atoms with Crippen molar-refractivity contribution in [3.05, 3.63) is 53.6 Å². The number of hydrogen-bond acceptors (Lipinski definition) is 3. The molecule has 6 rings (SSSR count). The molecule has 3 N–H and O–H groups in total. The molecule has 4 saturated carbocycles. The number of fused-ring (bicyclic) bond motifs is 7. The summed E-state index contributed by atoms with van der Waals surface area (Å²) in [6, 6.07) is 7.45. The zero-order valence-electron chi connectivity index (χ0n) is 28.9. The molecule has 0 heterocycles. The van der Waals surface area contributed by atoms with Gasteiger partial charge in [-0.05, 0) is 139 Å². The van der Waals surface area contributed by atoms with Crippen molar-refractivity contribution < 1.29 is 24.6 Å². The third kappa shape index (κ3) is 4.58. The molecule has 0 bridgehead atoms. The van der Waals surface area contributed by atoms with Gasteiger partial charge >= 0.3 is 11.9 Å². The maximum absolute atomic E-state index is 14.0. The monoisotopic (exact) mass is 629 g/mol.